The van der Waals surface area contributed by atoms with Gasteiger partial charge in [-0.25, -0.2) is 0 Å². The van der Waals surface area contributed by atoms with Gasteiger partial charge in [0, 0.05) is 12.7 Å². The molecule has 4 N–H and O–H groups in total. The number of nitrogens with zero attached hydrogens (tertiary/aromatic N) is 1. The molecule has 1 aromatic rings. The Morgan fingerprint density at radius 2 is 2.28 bits per heavy atom. The zero-order valence-electron chi connectivity index (χ0n) is 10.6. The number of nitrogens with one attached hydrogen (secondary N) is 2. The zero-order valence-corrected chi connectivity index (χ0v) is 11.4. The lowest BCUT2D eigenvalue weighted by atomic mass is 10.2. The lowest BCUT2D eigenvalue weighted by Gasteiger charge is -2.11. The third-order valence-corrected chi connectivity index (χ3v) is 2.38. The molecule has 0 spiro atoms. The van der Waals surface area contributed by atoms with Crippen molar-refractivity contribution in [3.8, 4) is 0 Å². The van der Waals surface area contributed by atoms with Gasteiger partial charge in [-0.05, 0) is 18.1 Å². The molecule has 98 valence electrons. The number of carbonyl (C=O) groups excluding carboxylic acids is 1. The van der Waals surface area contributed by atoms with Crippen molar-refractivity contribution in [3.63, 3.8) is 0 Å². The molecule has 0 radical (unpaired) electrons. The molecule has 18 heavy (non-hydrogen) atoms. The number of anilines is 1. The predicted octanol–water partition coefficient (Wildman–Crippen LogP) is 0.900. The summed E-state index contributed by atoms with van der Waals surface area (Å²) in [5.74, 6) is 0.362. The standard InChI is InChI=1S/C12H18N4OS/c1-8(2)6-16-10(17)7-15-9-4-3-5-14-11(9)12(13)18/h3-5,8,15H,6-7H2,1-2H3,(H2,13,18)(H,16,17). The van der Waals surface area contributed by atoms with E-state index in [0.29, 0.717) is 23.8 Å². The second kappa shape index (κ2) is 6.90. The maximum Gasteiger partial charge on any atom is 0.239 e. The van der Waals surface area contributed by atoms with Gasteiger partial charge in [0.05, 0.1) is 12.2 Å². The van der Waals surface area contributed by atoms with E-state index in [2.05, 4.69) is 15.6 Å². The van der Waals surface area contributed by atoms with E-state index in [1.165, 1.54) is 0 Å². The number of amides is 1. The summed E-state index contributed by atoms with van der Waals surface area (Å²) in [6.07, 6.45) is 1.61. The smallest absolute Gasteiger partial charge is 0.239 e. The van der Waals surface area contributed by atoms with Gasteiger partial charge in [-0.2, -0.15) is 0 Å². The number of rotatable bonds is 6. The number of hydrogen-bond donors (Lipinski definition) is 3. The first-order chi connectivity index (χ1) is 8.50. The van der Waals surface area contributed by atoms with E-state index in [1.807, 2.05) is 13.8 Å². The largest absolute Gasteiger partial charge is 0.388 e. The molecule has 6 heteroatoms. The molecule has 0 saturated heterocycles. The Morgan fingerprint density at radius 3 is 2.89 bits per heavy atom. The molecular weight excluding hydrogens is 248 g/mol. The average Bonchev–Trinajstić information content (AvgIpc) is 2.34. The minimum absolute atomic E-state index is 0.0681. The summed E-state index contributed by atoms with van der Waals surface area (Å²) in [6, 6.07) is 3.55. The predicted molar refractivity (Wildman–Crippen MR) is 76.5 cm³/mol. The van der Waals surface area contributed by atoms with Crippen molar-refractivity contribution in [2.45, 2.75) is 13.8 Å². The molecule has 1 rings (SSSR count). The van der Waals surface area contributed by atoms with Crippen molar-refractivity contribution < 1.29 is 4.79 Å². The van der Waals surface area contributed by atoms with Gasteiger partial charge in [-0.1, -0.05) is 26.1 Å². The van der Waals surface area contributed by atoms with Gasteiger partial charge < -0.3 is 16.4 Å². The number of thiocarbonyl (C=S) groups is 1. The van der Waals surface area contributed by atoms with Crippen LogP contribution in [0, 0.1) is 5.92 Å². The summed E-state index contributed by atoms with van der Waals surface area (Å²) in [6.45, 7) is 4.92. The molecule has 0 fully saturated rings. The quantitative estimate of drug-likeness (QED) is 0.667. The van der Waals surface area contributed by atoms with Crippen LogP contribution in [0.1, 0.15) is 19.5 Å². The molecule has 0 unspecified atom stereocenters. The lowest BCUT2D eigenvalue weighted by Crippen LogP contribution is -2.33. The number of nitrogens with two attached hydrogens (primary N) is 1. The van der Waals surface area contributed by atoms with E-state index in [4.69, 9.17) is 18.0 Å². The summed E-state index contributed by atoms with van der Waals surface area (Å²) < 4.78 is 0. The minimum Gasteiger partial charge on any atom is -0.388 e. The van der Waals surface area contributed by atoms with Crippen molar-refractivity contribution in [2.75, 3.05) is 18.4 Å². The normalized spacial score (nSPS) is 10.2. The van der Waals surface area contributed by atoms with Gasteiger partial charge in [0.15, 0.2) is 0 Å². The van der Waals surface area contributed by atoms with Crippen molar-refractivity contribution in [2.24, 2.45) is 11.7 Å². The van der Waals surface area contributed by atoms with E-state index in [1.54, 1.807) is 18.3 Å². The first-order valence-corrected chi connectivity index (χ1v) is 6.17. The highest BCUT2D eigenvalue weighted by atomic mass is 32.1. The van der Waals surface area contributed by atoms with Crippen molar-refractivity contribution in [3.05, 3.63) is 24.0 Å². The Bertz CT molecular complexity index is 434. The topological polar surface area (TPSA) is 80.0 Å². The molecule has 0 aliphatic rings. The van der Waals surface area contributed by atoms with Gasteiger partial charge >= 0.3 is 0 Å². The highest BCUT2D eigenvalue weighted by Gasteiger charge is 2.07. The Hall–Kier alpha value is -1.69. The van der Waals surface area contributed by atoms with Crippen LogP contribution in [0.5, 0.6) is 0 Å². The van der Waals surface area contributed by atoms with Gasteiger partial charge in [0.25, 0.3) is 0 Å². The number of aromatic nitrogens is 1. The first kappa shape index (κ1) is 14.4. The van der Waals surface area contributed by atoms with Crippen LogP contribution in [0.4, 0.5) is 5.69 Å². The summed E-state index contributed by atoms with van der Waals surface area (Å²) in [4.78, 5) is 15.8. The van der Waals surface area contributed by atoms with Crippen LogP contribution in [0.25, 0.3) is 0 Å². The van der Waals surface area contributed by atoms with E-state index in [0.717, 1.165) is 0 Å². The van der Waals surface area contributed by atoms with Crippen LogP contribution in [0.3, 0.4) is 0 Å². The van der Waals surface area contributed by atoms with Gasteiger partial charge in [-0.3, -0.25) is 9.78 Å². The molecular formula is C12H18N4OS. The SMILES string of the molecule is CC(C)CNC(=O)CNc1cccnc1C(N)=S. The third-order valence-electron chi connectivity index (χ3n) is 2.19. The molecule has 5 nitrogen and oxygen atoms in total. The second-order valence-corrected chi connectivity index (χ2v) is 4.76. The van der Waals surface area contributed by atoms with Gasteiger partial charge in [-0.15, -0.1) is 0 Å². The summed E-state index contributed by atoms with van der Waals surface area (Å²) in [5.41, 5.74) is 6.72. The Balaban J connectivity index is 2.53. The van der Waals surface area contributed by atoms with E-state index < -0.39 is 0 Å². The van der Waals surface area contributed by atoms with Crippen LogP contribution in [0.15, 0.2) is 18.3 Å². The molecule has 1 amide bonds. The summed E-state index contributed by atoms with van der Waals surface area (Å²) >= 11 is 4.89. The van der Waals surface area contributed by atoms with Crippen LogP contribution < -0.4 is 16.4 Å². The molecule has 0 atom stereocenters. The van der Waals surface area contributed by atoms with Crippen molar-refractivity contribution in [1.29, 1.82) is 0 Å². The molecule has 0 saturated carbocycles. The van der Waals surface area contributed by atoms with Gasteiger partial charge in [0.1, 0.15) is 10.7 Å². The fraction of sp³-hybridized carbons (Fsp3) is 0.417. The maximum absolute atomic E-state index is 11.5. The fourth-order valence-electron chi connectivity index (χ4n) is 1.30. The Morgan fingerprint density at radius 1 is 1.56 bits per heavy atom. The summed E-state index contributed by atoms with van der Waals surface area (Å²) in [7, 11) is 0. The van der Waals surface area contributed by atoms with E-state index in [9.17, 15) is 4.79 Å². The minimum atomic E-state index is -0.0681. The molecule has 0 aromatic carbocycles. The fourth-order valence-corrected chi connectivity index (χ4v) is 1.46. The molecule has 0 aliphatic heterocycles. The van der Waals surface area contributed by atoms with Crippen molar-refractivity contribution >= 4 is 28.8 Å². The van der Waals surface area contributed by atoms with E-state index in [-0.39, 0.29) is 17.4 Å². The van der Waals surface area contributed by atoms with Crippen molar-refractivity contribution in [1.82, 2.24) is 10.3 Å². The van der Waals surface area contributed by atoms with E-state index >= 15 is 0 Å². The first-order valence-electron chi connectivity index (χ1n) is 5.76. The molecule has 0 bridgehead atoms. The summed E-state index contributed by atoms with van der Waals surface area (Å²) in [5, 5.41) is 5.79. The highest BCUT2D eigenvalue weighted by Crippen LogP contribution is 2.11. The highest BCUT2D eigenvalue weighted by molar-refractivity contribution is 7.80. The number of pyridine rings is 1. The van der Waals surface area contributed by atoms with Crippen LogP contribution >= 0.6 is 12.2 Å². The number of carbonyl (C=O) groups is 1. The maximum atomic E-state index is 11.5. The van der Waals surface area contributed by atoms with Crippen LogP contribution in [0.2, 0.25) is 0 Å². The van der Waals surface area contributed by atoms with Gasteiger partial charge in [0.2, 0.25) is 5.91 Å². The van der Waals surface area contributed by atoms with Crippen LogP contribution in [-0.2, 0) is 4.79 Å². The second-order valence-electron chi connectivity index (χ2n) is 4.32. The molecule has 1 aromatic heterocycles. The Labute approximate surface area is 112 Å². The zero-order chi connectivity index (χ0) is 13.5. The lowest BCUT2D eigenvalue weighted by molar-refractivity contribution is -0.119. The van der Waals surface area contributed by atoms with Crippen LogP contribution in [-0.4, -0.2) is 29.0 Å². The Kier molecular flexibility index (Phi) is 5.51. The third kappa shape index (κ3) is 4.67. The molecule has 0 aliphatic carbocycles. The average molecular weight is 266 g/mol. The molecule has 1 heterocycles. The number of hydrogen-bond acceptors (Lipinski definition) is 4. The monoisotopic (exact) mass is 266 g/mol.